The van der Waals surface area contributed by atoms with Crippen molar-refractivity contribution in [1.29, 1.82) is 0 Å². The molecule has 2 N–H and O–H groups in total. The molecule has 1 aromatic carbocycles. The highest BCUT2D eigenvalue weighted by atomic mass is 32.2. The molecule has 0 bridgehead atoms. The van der Waals surface area contributed by atoms with E-state index in [1.807, 2.05) is 26.0 Å². The molecule has 2 amide bonds. The van der Waals surface area contributed by atoms with Gasteiger partial charge in [-0.2, -0.15) is 0 Å². The summed E-state index contributed by atoms with van der Waals surface area (Å²) >= 11 is 0.894. The number of nitrogens with one attached hydrogen (secondary N) is 2. The number of rotatable bonds is 5. The lowest BCUT2D eigenvalue weighted by Gasteiger charge is -2.19. The Morgan fingerprint density at radius 1 is 1.25 bits per heavy atom. The molecule has 0 radical (unpaired) electrons. The molecule has 1 aliphatic rings. The number of aryl methyl sites for hydroxylation is 2. The number of hydrogen-bond acceptors (Lipinski definition) is 5. The zero-order chi connectivity index (χ0) is 14.5. The standard InChI is InChI=1S/C12H15BN2O4S/c1-8-3-4-9(2)10(5-8)12(17)14-6-11(16)15-7-13-18-20-19-13/h3-5H,6-7H2,1-2H3,(H,14,17)(H,15,16). The van der Waals surface area contributed by atoms with Gasteiger partial charge < -0.3 is 18.8 Å². The molecule has 0 spiro atoms. The van der Waals surface area contributed by atoms with Gasteiger partial charge in [-0.15, -0.1) is 0 Å². The van der Waals surface area contributed by atoms with Crippen LogP contribution in [-0.2, 0) is 13.0 Å². The summed E-state index contributed by atoms with van der Waals surface area (Å²) in [6.45, 7) is 3.70. The Morgan fingerprint density at radius 3 is 2.65 bits per heavy atom. The molecule has 0 saturated carbocycles. The van der Waals surface area contributed by atoms with Crippen molar-refractivity contribution in [2.75, 3.05) is 13.0 Å². The van der Waals surface area contributed by atoms with E-state index in [1.54, 1.807) is 6.07 Å². The van der Waals surface area contributed by atoms with Crippen LogP contribution in [0.4, 0.5) is 0 Å². The third-order valence-electron chi connectivity index (χ3n) is 2.81. The van der Waals surface area contributed by atoms with Crippen LogP contribution in [0.3, 0.4) is 0 Å². The van der Waals surface area contributed by atoms with Crippen molar-refractivity contribution in [3.63, 3.8) is 0 Å². The van der Waals surface area contributed by atoms with Crippen molar-refractivity contribution >= 4 is 31.3 Å². The first kappa shape index (κ1) is 14.9. The van der Waals surface area contributed by atoms with Crippen molar-refractivity contribution in [2.24, 2.45) is 0 Å². The summed E-state index contributed by atoms with van der Waals surface area (Å²) in [5.41, 5.74) is 2.46. The number of carbonyl (C=O) groups is 2. The van der Waals surface area contributed by atoms with Gasteiger partial charge in [-0.1, -0.05) is 17.7 Å². The SMILES string of the molecule is Cc1ccc(C)c(C(=O)NCC(=O)NCB2OSO2)c1. The van der Waals surface area contributed by atoms with Crippen LogP contribution in [0.5, 0.6) is 0 Å². The lowest BCUT2D eigenvalue weighted by Crippen LogP contribution is -2.44. The molecule has 1 aliphatic heterocycles. The average molecular weight is 294 g/mol. The van der Waals surface area contributed by atoms with Gasteiger partial charge in [0.1, 0.15) is 12.3 Å². The lowest BCUT2D eigenvalue weighted by atomic mass is 9.92. The molecule has 1 fully saturated rings. The summed E-state index contributed by atoms with van der Waals surface area (Å²) in [5, 5.41) is 5.19. The van der Waals surface area contributed by atoms with E-state index in [-0.39, 0.29) is 24.8 Å². The van der Waals surface area contributed by atoms with E-state index in [2.05, 4.69) is 10.6 Å². The number of amides is 2. The third kappa shape index (κ3) is 3.99. The maximum Gasteiger partial charge on any atom is 0.503 e. The van der Waals surface area contributed by atoms with Gasteiger partial charge in [0.25, 0.3) is 5.91 Å². The molecule has 0 aliphatic carbocycles. The maximum absolute atomic E-state index is 12.0. The summed E-state index contributed by atoms with van der Waals surface area (Å²) in [6.07, 6.45) is 0.269. The Hall–Kier alpha value is -1.51. The fourth-order valence-electron chi connectivity index (χ4n) is 1.66. The minimum atomic E-state index is -0.404. The Morgan fingerprint density at radius 2 is 2.00 bits per heavy atom. The molecule has 1 saturated heterocycles. The number of hydrogen-bond donors (Lipinski definition) is 2. The van der Waals surface area contributed by atoms with E-state index in [0.717, 1.165) is 23.5 Å². The topological polar surface area (TPSA) is 76.7 Å². The largest absolute Gasteiger partial charge is 0.503 e. The second-order valence-corrected chi connectivity index (χ2v) is 5.02. The molecule has 0 unspecified atom stereocenters. The second-order valence-electron chi connectivity index (χ2n) is 4.50. The van der Waals surface area contributed by atoms with E-state index in [0.29, 0.717) is 5.56 Å². The fourth-order valence-corrected chi connectivity index (χ4v) is 1.98. The molecule has 0 atom stereocenters. The Kier molecular flexibility index (Phi) is 5.05. The van der Waals surface area contributed by atoms with E-state index < -0.39 is 7.12 Å². The van der Waals surface area contributed by atoms with Gasteiger partial charge in [0, 0.05) is 5.56 Å². The second kappa shape index (κ2) is 6.78. The average Bonchev–Trinajstić information content (AvgIpc) is 2.37. The van der Waals surface area contributed by atoms with Gasteiger partial charge in [-0.05, 0) is 25.5 Å². The molecule has 106 valence electrons. The zero-order valence-corrected chi connectivity index (χ0v) is 12.1. The van der Waals surface area contributed by atoms with E-state index in [1.165, 1.54) is 0 Å². The van der Waals surface area contributed by atoms with Crippen molar-refractivity contribution < 1.29 is 17.8 Å². The first-order valence-electron chi connectivity index (χ1n) is 6.17. The van der Waals surface area contributed by atoms with Gasteiger partial charge in [-0.25, -0.2) is 0 Å². The van der Waals surface area contributed by atoms with Crippen LogP contribution in [0.25, 0.3) is 0 Å². The van der Waals surface area contributed by atoms with Crippen LogP contribution in [0, 0.1) is 13.8 Å². The fraction of sp³-hybridized carbons (Fsp3) is 0.333. The predicted molar refractivity (Wildman–Crippen MR) is 76.8 cm³/mol. The smallest absolute Gasteiger partial charge is 0.356 e. The van der Waals surface area contributed by atoms with Crippen molar-refractivity contribution in [3.8, 4) is 0 Å². The molecule has 20 heavy (non-hydrogen) atoms. The first-order chi connectivity index (χ1) is 9.56. The highest BCUT2D eigenvalue weighted by molar-refractivity contribution is 7.93. The van der Waals surface area contributed by atoms with Gasteiger partial charge in [0.15, 0.2) is 0 Å². The highest BCUT2D eigenvalue weighted by Crippen LogP contribution is 2.20. The van der Waals surface area contributed by atoms with Gasteiger partial charge in [0.2, 0.25) is 5.91 Å². The molecule has 6 nitrogen and oxygen atoms in total. The normalized spacial score (nSPS) is 13.6. The molecule has 8 heteroatoms. The van der Waals surface area contributed by atoms with Crippen LogP contribution < -0.4 is 10.6 Å². The summed E-state index contributed by atoms with van der Waals surface area (Å²) in [7, 11) is -0.404. The monoisotopic (exact) mass is 294 g/mol. The molecule has 1 aromatic rings. The lowest BCUT2D eigenvalue weighted by molar-refractivity contribution is -0.119. The molecule has 0 aromatic heterocycles. The minimum absolute atomic E-state index is 0.0773. The Balaban J connectivity index is 1.78. The first-order valence-corrected chi connectivity index (χ1v) is 6.84. The third-order valence-corrected chi connectivity index (χ3v) is 3.39. The summed E-state index contributed by atoms with van der Waals surface area (Å²) in [4.78, 5) is 23.5. The van der Waals surface area contributed by atoms with Crippen LogP contribution in [-0.4, -0.2) is 31.9 Å². The van der Waals surface area contributed by atoms with Gasteiger partial charge >= 0.3 is 7.12 Å². The zero-order valence-electron chi connectivity index (χ0n) is 11.3. The van der Waals surface area contributed by atoms with Crippen LogP contribution in [0.15, 0.2) is 18.2 Å². The highest BCUT2D eigenvalue weighted by Gasteiger charge is 2.29. The molecule has 2 rings (SSSR count). The van der Waals surface area contributed by atoms with Crippen LogP contribution >= 0.6 is 12.3 Å². The minimum Gasteiger partial charge on any atom is -0.356 e. The molecular formula is C12H15BN2O4S. The summed E-state index contributed by atoms with van der Waals surface area (Å²) < 4.78 is 9.79. The van der Waals surface area contributed by atoms with E-state index in [9.17, 15) is 9.59 Å². The number of benzene rings is 1. The Labute approximate surface area is 122 Å². The van der Waals surface area contributed by atoms with Crippen molar-refractivity contribution in [2.45, 2.75) is 13.8 Å². The summed E-state index contributed by atoms with van der Waals surface area (Å²) in [5.74, 6) is -0.541. The maximum atomic E-state index is 12.0. The van der Waals surface area contributed by atoms with Gasteiger partial charge in [-0.3, -0.25) is 9.59 Å². The van der Waals surface area contributed by atoms with Crippen molar-refractivity contribution in [1.82, 2.24) is 10.6 Å². The van der Waals surface area contributed by atoms with Crippen LogP contribution in [0.1, 0.15) is 21.5 Å². The van der Waals surface area contributed by atoms with Crippen molar-refractivity contribution in [3.05, 3.63) is 34.9 Å². The Bertz CT molecular complexity index is 522. The molecular weight excluding hydrogens is 279 g/mol. The number of carbonyl (C=O) groups excluding carboxylic acids is 2. The van der Waals surface area contributed by atoms with Crippen LogP contribution in [0.2, 0.25) is 0 Å². The van der Waals surface area contributed by atoms with E-state index >= 15 is 0 Å². The quantitative estimate of drug-likeness (QED) is 0.620. The van der Waals surface area contributed by atoms with E-state index in [4.69, 9.17) is 8.20 Å². The van der Waals surface area contributed by atoms with Gasteiger partial charge in [0.05, 0.1) is 13.0 Å². The summed E-state index contributed by atoms with van der Waals surface area (Å²) in [6, 6.07) is 5.62. The predicted octanol–water partition coefficient (Wildman–Crippen LogP) is 0.787. The molecule has 1 heterocycles.